The van der Waals surface area contributed by atoms with Crippen molar-refractivity contribution in [2.75, 3.05) is 40.9 Å². The summed E-state index contributed by atoms with van der Waals surface area (Å²) in [4.78, 5) is 37.9. The molecule has 0 aliphatic rings. The summed E-state index contributed by atoms with van der Waals surface area (Å²) in [6, 6.07) is -0.856. The quantitative estimate of drug-likeness (QED) is 0.0205. The number of phosphoric ester groups is 1. The van der Waals surface area contributed by atoms with Crippen molar-refractivity contribution < 1.29 is 37.3 Å². The van der Waals surface area contributed by atoms with Gasteiger partial charge in [-0.25, -0.2) is 4.57 Å². The number of unbranched alkanes of at least 4 members (excludes halogenated alkanes) is 35. The standard InChI is InChI=1S/C73H133N2O7P/c1-7-10-13-16-19-22-25-28-30-32-34-35-36-37-38-39-41-43-45-48-51-54-57-60-63-66-73(77)82-71(64-61-58-55-52-49-46-27-24-21-18-15-12-9-3)70(69-81-83(78,79)80-68-67-75(4,5)6)74-72(76)65-62-59-56-53-50-47-44-42-40-33-31-29-26-23-20-17-14-11-8-2/h10,13,19,22,28-31,34-35,37-38,61,64,70-71H,7-9,11-12,14-18,20-21,23-27,32-33,36,39-60,62-63,65-69H2,1-6H3,(H-,74,76,78,79)/p+1/b13-10-,22-19-,30-28-,31-29+,35-34-,38-37-,64-61-. The lowest BCUT2D eigenvalue weighted by molar-refractivity contribution is -0.870. The minimum Gasteiger partial charge on any atom is -0.456 e. The second-order valence-corrected chi connectivity index (χ2v) is 26.1. The van der Waals surface area contributed by atoms with E-state index in [0.717, 1.165) is 103 Å². The van der Waals surface area contributed by atoms with Crippen molar-refractivity contribution in [2.45, 2.75) is 328 Å². The van der Waals surface area contributed by atoms with E-state index in [1.165, 1.54) is 180 Å². The summed E-state index contributed by atoms with van der Waals surface area (Å²) in [6.45, 7) is 6.92. The Hall–Kier alpha value is -2.81. The maximum atomic E-state index is 13.6. The normalized spacial score (nSPS) is 14.1. The fourth-order valence-corrected chi connectivity index (χ4v) is 10.7. The van der Waals surface area contributed by atoms with Crippen LogP contribution in [-0.2, 0) is 27.9 Å². The molecule has 482 valence electrons. The minimum atomic E-state index is -4.46. The SMILES string of the molecule is CC/C=C\C/C=C\C/C=C\C/C=C\C/C=C\CCCCCCCCCCCC(=O)OC(/C=C\CCCCCCCCCCCCC)C(COP(=O)(O)OCC[N+](C)(C)C)NC(=O)CCCCCCCCCCC/C=C/CCCCCCCC. The van der Waals surface area contributed by atoms with E-state index < -0.39 is 20.0 Å². The van der Waals surface area contributed by atoms with Crippen LogP contribution in [-0.4, -0.2) is 74.3 Å². The van der Waals surface area contributed by atoms with Gasteiger partial charge in [-0.2, -0.15) is 0 Å². The van der Waals surface area contributed by atoms with Crippen molar-refractivity contribution >= 4 is 19.7 Å². The van der Waals surface area contributed by atoms with E-state index >= 15 is 0 Å². The van der Waals surface area contributed by atoms with Crippen molar-refractivity contribution in [2.24, 2.45) is 0 Å². The lowest BCUT2D eigenvalue weighted by atomic mass is 10.0. The Kier molecular flexibility index (Phi) is 60.1. The van der Waals surface area contributed by atoms with Gasteiger partial charge in [-0.3, -0.25) is 18.6 Å². The summed E-state index contributed by atoms with van der Waals surface area (Å²) in [5, 5.41) is 3.07. The lowest BCUT2D eigenvalue weighted by Gasteiger charge is -2.27. The van der Waals surface area contributed by atoms with Crippen LogP contribution in [0, 0.1) is 0 Å². The van der Waals surface area contributed by atoms with Gasteiger partial charge in [0.15, 0.2) is 0 Å². The Morgan fingerprint density at radius 3 is 1.17 bits per heavy atom. The number of carbonyl (C=O) groups excluding carboxylic acids is 2. The molecule has 0 aliphatic carbocycles. The number of hydrogen-bond acceptors (Lipinski definition) is 6. The number of ether oxygens (including phenoxy) is 1. The molecule has 1 amide bonds. The molecule has 0 heterocycles. The molecule has 0 bridgehead atoms. The molecule has 9 nitrogen and oxygen atoms in total. The number of esters is 1. The van der Waals surface area contributed by atoms with E-state index in [1.807, 2.05) is 33.3 Å². The molecule has 2 N–H and O–H groups in total. The number of amides is 1. The van der Waals surface area contributed by atoms with Crippen LogP contribution in [0.25, 0.3) is 0 Å². The van der Waals surface area contributed by atoms with Gasteiger partial charge in [-0.05, 0) is 102 Å². The summed E-state index contributed by atoms with van der Waals surface area (Å²) in [5.41, 5.74) is 0. The number of nitrogens with zero attached hydrogens (tertiary/aromatic N) is 1. The zero-order valence-corrected chi connectivity index (χ0v) is 56.1. The number of carbonyl (C=O) groups is 2. The van der Waals surface area contributed by atoms with Crippen LogP contribution in [0.2, 0.25) is 0 Å². The number of rotatable bonds is 63. The molecule has 3 atom stereocenters. The number of nitrogens with one attached hydrogen (secondary N) is 1. The smallest absolute Gasteiger partial charge is 0.456 e. The third kappa shape index (κ3) is 63.5. The van der Waals surface area contributed by atoms with E-state index in [-0.39, 0.29) is 31.5 Å². The fourth-order valence-electron chi connectivity index (χ4n) is 9.96. The van der Waals surface area contributed by atoms with Crippen LogP contribution in [0.3, 0.4) is 0 Å². The minimum absolute atomic E-state index is 0.0367. The molecule has 0 aliphatic heterocycles. The lowest BCUT2D eigenvalue weighted by Crippen LogP contribution is -2.47. The first kappa shape index (κ1) is 80.2. The van der Waals surface area contributed by atoms with Gasteiger partial charge in [0.1, 0.15) is 19.3 Å². The predicted octanol–water partition coefficient (Wildman–Crippen LogP) is 22.1. The van der Waals surface area contributed by atoms with Crippen molar-refractivity contribution in [3.63, 3.8) is 0 Å². The highest BCUT2D eigenvalue weighted by atomic mass is 31.2. The second-order valence-electron chi connectivity index (χ2n) is 24.7. The maximum Gasteiger partial charge on any atom is 0.472 e. The molecular weight excluding hydrogens is 1050 g/mol. The number of likely N-dealkylation sites (N-methyl/N-ethyl adjacent to an activating group) is 1. The number of phosphoric acid groups is 1. The van der Waals surface area contributed by atoms with Crippen LogP contribution >= 0.6 is 7.82 Å². The monoisotopic (exact) mass is 1180 g/mol. The summed E-state index contributed by atoms with van der Waals surface area (Å²) in [7, 11) is 1.49. The van der Waals surface area contributed by atoms with E-state index in [9.17, 15) is 19.0 Å². The van der Waals surface area contributed by atoms with E-state index in [4.69, 9.17) is 13.8 Å². The Labute approximate surface area is 514 Å². The molecule has 0 spiro atoms. The van der Waals surface area contributed by atoms with Crippen LogP contribution in [0.15, 0.2) is 85.1 Å². The summed E-state index contributed by atoms with van der Waals surface area (Å²) in [6.07, 6.45) is 83.0. The Bertz CT molecular complexity index is 1700. The number of allylic oxidation sites excluding steroid dienone is 13. The van der Waals surface area contributed by atoms with Gasteiger partial charge < -0.3 is 19.4 Å². The van der Waals surface area contributed by atoms with E-state index in [0.29, 0.717) is 17.4 Å². The Morgan fingerprint density at radius 2 is 0.771 bits per heavy atom. The number of quaternary nitrogens is 1. The largest absolute Gasteiger partial charge is 0.472 e. The van der Waals surface area contributed by atoms with Crippen molar-refractivity contribution in [1.29, 1.82) is 0 Å². The first-order valence-corrected chi connectivity index (χ1v) is 36.4. The van der Waals surface area contributed by atoms with Gasteiger partial charge in [0.25, 0.3) is 0 Å². The summed E-state index contributed by atoms with van der Waals surface area (Å²) >= 11 is 0. The zero-order chi connectivity index (χ0) is 60.7. The number of hydrogen-bond donors (Lipinski definition) is 2. The molecule has 0 aromatic carbocycles. The first-order chi connectivity index (χ1) is 40.4. The highest BCUT2D eigenvalue weighted by Gasteiger charge is 2.30. The topological polar surface area (TPSA) is 111 Å². The molecule has 83 heavy (non-hydrogen) atoms. The van der Waals surface area contributed by atoms with Crippen molar-refractivity contribution in [1.82, 2.24) is 5.32 Å². The molecule has 10 heteroatoms. The van der Waals surface area contributed by atoms with Gasteiger partial charge in [0.2, 0.25) is 5.91 Å². The van der Waals surface area contributed by atoms with Crippen molar-refractivity contribution in [3.05, 3.63) is 85.1 Å². The molecule has 0 saturated heterocycles. The molecule has 0 saturated carbocycles. The van der Waals surface area contributed by atoms with Gasteiger partial charge in [0, 0.05) is 12.8 Å². The second kappa shape index (κ2) is 62.2. The first-order valence-electron chi connectivity index (χ1n) is 34.9. The third-order valence-electron chi connectivity index (χ3n) is 15.3. The van der Waals surface area contributed by atoms with Gasteiger partial charge in [0.05, 0.1) is 33.8 Å². The van der Waals surface area contributed by atoms with Crippen LogP contribution in [0.4, 0.5) is 0 Å². The summed E-state index contributed by atoms with van der Waals surface area (Å²) in [5.74, 6) is -0.508. The zero-order valence-electron chi connectivity index (χ0n) is 55.2. The third-order valence-corrected chi connectivity index (χ3v) is 16.3. The molecule has 0 fully saturated rings. The highest BCUT2D eigenvalue weighted by molar-refractivity contribution is 7.47. The van der Waals surface area contributed by atoms with E-state index in [2.05, 4.69) is 99.0 Å². The maximum absolute atomic E-state index is 13.6. The van der Waals surface area contributed by atoms with Crippen LogP contribution < -0.4 is 5.32 Å². The van der Waals surface area contributed by atoms with Crippen molar-refractivity contribution in [3.8, 4) is 0 Å². The molecule has 0 aromatic heterocycles. The average molecular weight is 1180 g/mol. The van der Waals surface area contributed by atoms with Gasteiger partial charge in [-0.15, -0.1) is 0 Å². The molecule has 0 radical (unpaired) electrons. The van der Waals surface area contributed by atoms with Crippen LogP contribution in [0.1, 0.15) is 316 Å². The van der Waals surface area contributed by atoms with E-state index in [1.54, 1.807) is 0 Å². The molecule has 0 aromatic rings. The Morgan fingerprint density at radius 1 is 0.434 bits per heavy atom. The van der Waals surface area contributed by atoms with Crippen LogP contribution in [0.5, 0.6) is 0 Å². The molecule has 3 unspecified atom stereocenters. The predicted molar refractivity (Wildman–Crippen MR) is 360 cm³/mol. The molecule has 0 rings (SSSR count). The summed E-state index contributed by atoms with van der Waals surface area (Å²) < 4.78 is 30.8. The highest BCUT2D eigenvalue weighted by Crippen LogP contribution is 2.43. The average Bonchev–Trinajstić information content (AvgIpc) is 3.46. The Balaban J connectivity index is 5.15. The fraction of sp³-hybridized carbons (Fsp3) is 0.781. The molecular formula is C73H134N2O7P+. The van der Waals surface area contributed by atoms with Gasteiger partial charge >= 0.3 is 13.8 Å². The van der Waals surface area contributed by atoms with Gasteiger partial charge in [-0.1, -0.05) is 286 Å².